The number of nitrogens with zero attached hydrogens (tertiary/aromatic N) is 3. The molecular formula is C34H33ClN4O2S. The third-order valence-corrected chi connectivity index (χ3v) is 7.70. The van der Waals surface area contributed by atoms with Gasteiger partial charge in [0.05, 0.1) is 10.7 Å². The van der Waals surface area contributed by atoms with Crippen molar-refractivity contribution in [2.45, 2.75) is 30.9 Å². The van der Waals surface area contributed by atoms with Crippen molar-refractivity contribution in [2.75, 3.05) is 20.6 Å². The van der Waals surface area contributed by atoms with Crippen LogP contribution in [0.3, 0.4) is 0 Å². The molecular weight excluding hydrogens is 564 g/mol. The highest BCUT2D eigenvalue weighted by molar-refractivity contribution is 7.81. The minimum absolute atomic E-state index is 0.0110. The lowest BCUT2D eigenvalue weighted by Crippen LogP contribution is -2.24. The number of aromatic nitrogens is 3. The number of para-hydroxylation sites is 1. The predicted octanol–water partition coefficient (Wildman–Crippen LogP) is 6.66. The van der Waals surface area contributed by atoms with Crippen LogP contribution in [0.1, 0.15) is 39.3 Å². The Morgan fingerprint density at radius 3 is 2.50 bits per heavy atom. The van der Waals surface area contributed by atoms with Crippen LogP contribution >= 0.6 is 24.2 Å². The highest BCUT2D eigenvalue weighted by atomic mass is 35.5. The molecule has 0 spiro atoms. The second-order valence-electron chi connectivity index (χ2n) is 10.9. The lowest BCUT2D eigenvalue weighted by Gasteiger charge is -2.15. The van der Waals surface area contributed by atoms with E-state index in [0.29, 0.717) is 41.4 Å². The lowest BCUT2D eigenvalue weighted by molar-refractivity contribution is -0.118. The highest BCUT2D eigenvalue weighted by Gasteiger charge is 2.15. The van der Waals surface area contributed by atoms with Crippen molar-refractivity contribution in [3.05, 3.63) is 118 Å². The van der Waals surface area contributed by atoms with Crippen LogP contribution in [-0.2, 0) is 24.1 Å². The smallest absolute Gasteiger partial charge is 0.167 e. The summed E-state index contributed by atoms with van der Waals surface area (Å²) in [7, 11) is 3.94. The second kappa shape index (κ2) is 13.5. The van der Waals surface area contributed by atoms with Gasteiger partial charge in [-0.3, -0.25) is 9.59 Å². The molecule has 0 fully saturated rings. The number of hydrogen-bond donors (Lipinski definition) is 2. The molecule has 2 heterocycles. The molecule has 214 valence electrons. The third-order valence-electron chi connectivity index (χ3n) is 7.07. The fourth-order valence-electron chi connectivity index (χ4n) is 5.12. The molecule has 2 aromatic heterocycles. The number of benzene rings is 3. The second-order valence-corrected chi connectivity index (χ2v) is 12.0. The van der Waals surface area contributed by atoms with E-state index in [-0.39, 0.29) is 23.2 Å². The summed E-state index contributed by atoms with van der Waals surface area (Å²) in [4.78, 5) is 40.0. The Bertz CT molecular complexity index is 1710. The first-order valence-corrected chi connectivity index (χ1v) is 14.8. The predicted molar refractivity (Wildman–Crippen MR) is 173 cm³/mol. The maximum absolute atomic E-state index is 13.1. The SMILES string of the molecule is CN(C)CC(S)CC(=O)Cc1ccc(C(=O)Cc2cccc(Cc3ncc(Cl)c(-c4c[nH]c5ccccc45)n3)c2)cc1. The van der Waals surface area contributed by atoms with E-state index >= 15 is 0 Å². The van der Waals surface area contributed by atoms with Crippen LogP contribution in [0.4, 0.5) is 0 Å². The van der Waals surface area contributed by atoms with E-state index in [1.54, 1.807) is 18.3 Å². The number of fused-ring (bicyclic) bond motifs is 1. The highest BCUT2D eigenvalue weighted by Crippen LogP contribution is 2.32. The van der Waals surface area contributed by atoms with Gasteiger partial charge in [0.25, 0.3) is 0 Å². The fraction of sp³-hybridized carbons (Fsp3) is 0.235. The van der Waals surface area contributed by atoms with Gasteiger partial charge in [0, 0.05) is 71.9 Å². The average Bonchev–Trinajstić information content (AvgIpc) is 3.38. The van der Waals surface area contributed by atoms with Gasteiger partial charge in [-0.2, -0.15) is 12.6 Å². The van der Waals surface area contributed by atoms with E-state index in [2.05, 4.69) is 22.6 Å². The third kappa shape index (κ3) is 7.53. The summed E-state index contributed by atoms with van der Waals surface area (Å²) in [5.41, 5.74) is 6.10. The molecule has 0 radical (unpaired) electrons. The molecule has 1 atom stereocenters. The summed E-state index contributed by atoms with van der Waals surface area (Å²) in [5.74, 6) is 0.820. The number of Topliss-reactive ketones (excluding diaryl/α,β-unsaturated/α-hetero) is 2. The Labute approximate surface area is 256 Å². The molecule has 0 amide bonds. The largest absolute Gasteiger partial charge is 0.360 e. The Morgan fingerprint density at radius 1 is 0.952 bits per heavy atom. The first-order valence-electron chi connectivity index (χ1n) is 13.9. The molecule has 0 saturated heterocycles. The van der Waals surface area contributed by atoms with Crippen molar-refractivity contribution in [3.8, 4) is 11.3 Å². The maximum atomic E-state index is 13.1. The molecule has 1 unspecified atom stereocenters. The molecule has 0 aliphatic carbocycles. The topological polar surface area (TPSA) is 79.0 Å². The van der Waals surface area contributed by atoms with Gasteiger partial charge in [0.15, 0.2) is 5.78 Å². The average molecular weight is 597 g/mol. The van der Waals surface area contributed by atoms with Gasteiger partial charge in [-0.1, -0.05) is 78.3 Å². The van der Waals surface area contributed by atoms with Gasteiger partial charge in [-0.15, -0.1) is 0 Å². The lowest BCUT2D eigenvalue weighted by atomic mass is 9.98. The molecule has 5 rings (SSSR count). The summed E-state index contributed by atoms with van der Waals surface area (Å²) in [6, 6.07) is 23.3. The molecule has 0 saturated carbocycles. The quantitative estimate of drug-likeness (QED) is 0.124. The maximum Gasteiger partial charge on any atom is 0.167 e. The number of nitrogens with one attached hydrogen (secondary N) is 1. The Hall–Kier alpha value is -3.78. The molecule has 3 aromatic carbocycles. The molecule has 0 aliphatic heterocycles. The van der Waals surface area contributed by atoms with Gasteiger partial charge in [0.2, 0.25) is 0 Å². The van der Waals surface area contributed by atoms with Crippen LogP contribution in [-0.4, -0.2) is 57.3 Å². The molecule has 6 nitrogen and oxygen atoms in total. The molecule has 8 heteroatoms. The van der Waals surface area contributed by atoms with Crippen LogP contribution in [0.2, 0.25) is 5.02 Å². The van der Waals surface area contributed by atoms with E-state index in [1.807, 2.05) is 85.9 Å². The fourth-order valence-corrected chi connectivity index (χ4v) is 5.85. The van der Waals surface area contributed by atoms with E-state index < -0.39 is 0 Å². The van der Waals surface area contributed by atoms with Crippen molar-refractivity contribution < 1.29 is 9.59 Å². The molecule has 0 aliphatic rings. The Kier molecular flexibility index (Phi) is 9.52. The number of hydrogen-bond acceptors (Lipinski definition) is 6. The number of aromatic amines is 1. The Morgan fingerprint density at radius 2 is 1.71 bits per heavy atom. The summed E-state index contributed by atoms with van der Waals surface area (Å²) >= 11 is 11.0. The molecule has 0 bridgehead atoms. The van der Waals surface area contributed by atoms with Crippen LogP contribution in [0.25, 0.3) is 22.2 Å². The van der Waals surface area contributed by atoms with Crippen LogP contribution in [0.15, 0.2) is 85.2 Å². The standard InChI is InChI=1S/C34H33ClN4O2S/c1-39(2)21-27(42)18-26(40)15-22-10-12-25(13-11-22)32(41)16-23-6-5-7-24(14-23)17-33-37-20-30(35)34(38-33)29-19-36-31-9-4-3-8-28(29)31/h3-14,19-20,27,36,42H,15-18,21H2,1-2H3. The van der Waals surface area contributed by atoms with Crippen molar-refractivity contribution in [2.24, 2.45) is 0 Å². The number of carbonyl (C=O) groups excluding carboxylic acids is 2. The van der Waals surface area contributed by atoms with Crippen LogP contribution < -0.4 is 0 Å². The number of H-pyrrole nitrogens is 1. The molecule has 42 heavy (non-hydrogen) atoms. The van der Waals surface area contributed by atoms with Gasteiger partial charge < -0.3 is 9.88 Å². The van der Waals surface area contributed by atoms with Crippen molar-refractivity contribution >= 4 is 46.7 Å². The van der Waals surface area contributed by atoms with E-state index in [9.17, 15) is 9.59 Å². The van der Waals surface area contributed by atoms with Crippen molar-refractivity contribution in [1.29, 1.82) is 0 Å². The van der Waals surface area contributed by atoms with Gasteiger partial charge >= 0.3 is 0 Å². The zero-order chi connectivity index (χ0) is 29.6. The minimum Gasteiger partial charge on any atom is -0.360 e. The van der Waals surface area contributed by atoms with E-state index in [1.165, 1.54) is 0 Å². The van der Waals surface area contributed by atoms with Crippen molar-refractivity contribution in [3.63, 3.8) is 0 Å². The first kappa shape index (κ1) is 29.7. The number of ketones is 2. The number of rotatable bonds is 12. The number of carbonyl (C=O) groups is 2. The van der Waals surface area contributed by atoms with Gasteiger partial charge in [-0.05, 0) is 36.9 Å². The zero-order valence-corrected chi connectivity index (χ0v) is 25.3. The number of halogens is 1. The zero-order valence-electron chi connectivity index (χ0n) is 23.7. The van der Waals surface area contributed by atoms with E-state index in [0.717, 1.165) is 39.7 Å². The normalized spacial score (nSPS) is 12.1. The molecule has 1 N–H and O–H groups in total. The summed E-state index contributed by atoms with van der Waals surface area (Å²) in [6.45, 7) is 0.752. The first-order chi connectivity index (χ1) is 20.2. The summed E-state index contributed by atoms with van der Waals surface area (Å²) < 4.78 is 0. The monoisotopic (exact) mass is 596 g/mol. The molecule has 5 aromatic rings. The van der Waals surface area contributed by atoms with Crippen LogP contribution in [0, 0.1) is 0 Å². The Balaban J connectivity index is 1.22. The van der Waals surface area contributed by atoms with E-state index in [4.69, 9.17) is 16.6 Å². The van der Waals surface area contributed by atoms with Crippen molar-refractivity contribution in [1.82, 2.24) is 19.9 Å². The number of thiol groups is 1. The van der Waals surface area contributed by atoms with Gasteiger partial charge in [-0.25, -0.2) is 9.97 Å². The van der Waals surface area contributed by atoms with Gasteiger partial charge in [0.1, 0.15) is 11.6 Å². The minimum atomic E-state index is 0.0110. The summed E-state index contributed by atoms with van der Waals surface area (Å²) in [6.07, 6.45) is 5.12. The van der Waals surface area contributed by atoms with Crippen LogP contribution in [0.5, 0.6) is 0 Å². The summed E-state index contributed by atoms with van der Waals surface area (Å²) in [5, 5.41) is 1.56.